The van der Waals surface area contributed by atoms with E-state index < -0.39 is 0 Å². The number of hydrogen-bond donors (Lipinski definition) is 1. The maximum absolute atomic E-state index is 4.43. The fourth-order valence-corrected chi connectivity index (χ4v) is 2.54. The van der Waals surface area contributed by atoms with Crippen molar-refractivity contribution in [1.82, 2.24) is 9.55 Å². The van der Waals surface area contributed by atoms with Gasteiger partial charge >= 0.3 is 0 Å². The summed E-state index contributed by atoms with van der Waals surface area (Å²) in [5, 5.41) is 3.39. The van der Waals surface area contributed by atoms with Gasteiger partial charge in [0.2, 0.25) is 5.95 Å². The highest BCUT2D eigenvalue weighted by atomic mass is 15.2. The van der Waals surface area contributed by atoms with E-state index in [1.807, 2.05) is 24.4 Å². The molecule has 94 valence electrons. The van der Waals surface area contributed by atoms with E-state index in [2.05, 4.69) is 40.1 Å². The fourth-order valence-electron chi connectivity index (χ4n) is 2.54. The lowest BCUT2D eigenvalue weighted by Gasteiger charge is -2.33. The molecule has 1 fully saturated rings. The van der Waals surface area contributed by atoms with Gasteiger partial charge in [-0.3, -0.25) is 0 Å². The quantitative estimate of drug-likeness (QED) is 0.877. The Kier molecular flexibility index (Phi) is 3.05. The maximum atomic E-state index is 4.43. The molecule has 1 aliphatic carbocycles. The van der Waals surface area contributed by atoms with Crippen LogP contribution in [0.25, 0.3) is 0 Å². The van der Waals surface area contributed by atoms with Gasteiger partial charge in [0.05, 0.1) is 0 Å². The third-order valence-electron chi connectivity index (χ3n) is 3.97. The van der Waals surface area contributed by atoms with E-state index in [0.717, 1.165) is 17.6 Å². The second-order valence-electron chi connectivity index (χ2n) is 5.08. The highest BCUT2D eigenvalue weighted by molar-refractivity contribution is 5.53. The number of imidazole rings is 1. The summed E-state index contributed by atoms with van der Waals surface area (Å²) in [6.07, 6.45) is 8.04. The highest BCUT2D eigenvalue weighted by Gasteiger charge is 2.26. The minimum atomic E-state index is 0.535. The molecule has 0 bridgehead atoms. The van der Waals surface area contributed by atoms with E-state index in [1.165, 1.54) is 19.3 Å². The van der Waals surface area contributed by atoms with Gasteiger partial charge < -0.3 is 9.88 Å². The average Bonchev–Trinajstić information content (AvgIpc) is 2.76. The van der Waals surface area contributed by atoms with Gasteiger partial charge in [-0.2, -0.15) is 0 Å². The average molecular weight is 241 g/mol. The van der Waals surface area contributed by atoms with Crippen LogP contribution in [-0.4, -0.2) is 9.55 Å². The molecule has 1 unspecified atom stereocenters. The third kappa shape index (κ3) is 2.13. The van der Waals surface area contributed by atoms with E-state index >= 15 is 0 Å². The van der Waals surface area contributed by atoms with Crippen LogP contribution in [0, 0.1) is 5.92 Å². The Morgan fingerprint density at radius 2 is 2.06 bits per heavy atom. The molecule has 1 aromatic carbocycles. The molecule has 3 nitrogen and oxygen atoms in total. The molecule has 3 heteroatoms. The Morgan fingerprint density at radius 1 is 1.28 bits per heavy atom. The molecule has 1 aromatic heterocycles. The Labute approximate surface area is 108 Å². The first-order valence-corrected chi connectivity index (χ1v) is 6.69. The summed E-state index contributed by atoms with van der Waals surface area (Å²) in [6, 6.07) is 10.7. The standard InChI is InChI=1S/C15H19N3/c1-12(13-6-5-7-13)18-11-10-16-15(18)17-14-8-3-2-4-9-14/h2-4,8-13H,5-7H2,1H3,(H,16,17). The monoisotopic (exact) mass is 241 g/mol. The number of para-hydroxylation sites is 1. The Balaban J connectivity index is 1.78. The summed E-state index contributed by atoms with van der Waals surface area (Å²) in [6.45, 7) is 2.29. The fraction of sp³-hybridized carbons (Fsp3) is 0.400. The summed E-state index contributed by atoms with van der Waals surface area (Å²) in [7, 11) is 0. The first kappa shape index (κ1) is 11.3. The Hall–Kier alpha value is -1.77. The molecule has 1 saturated carbocycles. The molecule has 3 rings (SSSR count). The molecule has 1 heterocycles. The van der Waals surface area contributed by atoms with E-state index in [9.17, 15) is 0 Å². The molecule has 0 radical (unpaired) electrons. The van der Waals surface area contributed by atoms with Gasteiger partial charge in [0, 0.05) is 24.1 Å². The van der Waals surface area contributed by atoms with Crippen molar-refractivity contribution in [1.29, 1.82) is 0 Å². The summed E-state index contributed by atoms with van der Waals surface area (Å²) >= 11 is 0. The van der Waals surface area contributed by atoms with E-state index in [4.69, 9.17) is 0 Å². The van der Waals surface area contributed by atoms with Gasteiger partial charge in [-0.1, -0.05) is 24.6 Å². The van der Waals surface area contributed by atoms with Gasteiger partial charge in [0.25, 0.3) is 0 Å². The van der Waals surface area contributed by atoms with E-state index in [0.29, 0.717) is 6.04 Å². The molecule has 0 saturated heterocycles. The van der Waals surface area contributed by atoms with Crippen molar-refractivity contribution >= 4 is 11.6 Å². The molecule has 18 heavy (non-hydrogen) atoms. The van der Waals surface area contributed by atoms with Crippen molar-refractivity contribution in [3.8, 4) is 0 Å². The van der Waals surface area contributed by atoms with Crippen LogP contribution in [0.3, 0.4) is 0 Å². The first-order chi connectivity index (χ1) is 8.84. The Bertz CT molecular complexity index is 499. The van der Waals surface area contributed by atoms with Crippen LogP contribution in [0.4, 0.5) is 11.6 Å². The molecular formula is C15H19N3. The summed E-state index contributed by atoms with van der Waals surface area (Å²) in [5.41, 5.74) is 1.09. The Morgan fingerprint density at radius 3 is 2.72 bits per heavy atom. The molecule has 1 aliphatic rings. The van der Waals surface area contributed by atoms with Crippen molar-refractivity contribution < 1.29 is 0 Å². The smallest absolute Gasteiger partial charge is 0.207 e. The summed E-state index contributed by atoms with van der Waals surface area (Å²) in [5.74, 6) is 1.76. The number of hydrogen-bond acceptors (Lipinski definition) is 2. The molecule has 0 aliphatic heterocycles. The number of nitrogens with zero attached hydrogens (tertiary/aromatic N) is 2. The van der Waals surface area contributed by atoms with Gasteiger partial charge in [-0.15, -0.1) is 0 Å². The van der Waals surface area contributed by atoms with Crippen LogP contribution >= 0.6 is 0 Å². The lowest BCUT2D eigenvalue weighted by atomic mass is 9.80. The third-order valence-corrected chi connectivity index (χ3v) is 3.97. The SMILES string of the molecule is CC(C1CCC1)n1ccnc1Nc1ccccc1. The molecule has 1 N–H and O–H groups in total. The number of aromatic nitrogens is 2. The van der Waals surface area contributed by atoms with Crippen LogP contribution in [0.1, 0.15) is 32.2 Å². The van der Waals surface area contributed by atoms with Crippen molar-refractivity contribution in [2.45, 2.75) is 32.2 Å². The molecule has 1 atom stereocenters. The van der Waals surface area contributed by atoms with Gasteiger partial charge in [-0.05, 0) is 37.8 Å². The van der Waals surface area contributed by atoms with Crippen molar-refractivity contribution in [2.24, 2.45) is 5.92 Å². The minimum absolute atomic E-state index is 0.535. The molecule has 0 spiro atoms. The predicted octanol–water partition coefficient (Wildman–Crippen LogP) is 3.99. The van der Waals surface area contributed by atoms with E-state index in [1.54, 1.807) is 0 Å². The molecular weight excluding hydrogens is 222 g/mol. The van der Waals surface area contributed by atoms with Gasteiger partial charge in [-0.25, -0.2) is 4.98 Å². The van der Waals surface area contributed by atoms with Crippen LogP contribution in [0.2, 0.25) is 0 Å². The zero-order valence-electron chi connectivity index (χ0n) is 10.7. The van der Waals surface area contributed by atoms with Gasteiger partial charge in [0.1, 0.15) is 0 Å². The number of benzene rings is 1. The summed E-state index contributed by atoms with van der Waals surface area (Å²) < 4.78 is 2.26. The van der Waals surface area contributed by atoms with Crippen LogP contribution in [0.15, 0.2) is 42.7 Å². The van der Waals surface area contributed by atoms with Crippen molar-refractivity contribution in [3.05, 3.63) is 42.7 Å². The lowest BCUT2D eigenvalue weighted by Crippen LogP contribution is -2.23. The number of anilines is 2. The largest absolute Gasteiger partial charge is 0.326 e. The second kappa shape index (κ2) is 4.84. The minimum Gasteiger partial charge on any atom is -0.326 e. The van der Waals surface area contributed by atoms with Crippen molar-refractivity contribution in [2.75, 3.05) is 5.32 Å². The number of rotatable bonds is 4. The maximum Gasteiger partial charge on any atom is 0.207 e. The van der Waals surface area contributed by atoms with Crippen LogP contribution in [0.5, 0.6) is 0 Å². The van der Waals surface area contributed by atoms with Crippen LogP contribution in [-0.2, 0) is 0 Å². The van der Waals surface area contributed by atoms with Gasteiger partial charge in [0.15, 0.2) is 0 Å². The second-order valence-corrected chi connectivity index (χ2v) is 5.08. The van der Waals surface area contributed by atoms with Crippen molar-refractivity contribution in [3.63, 3.8) is 0 Å². The highest BCUT2D eigenvalue weighted by Crippen LogP contribution is 2.37. The predicted molar refractivity (Wildman–Crippen MR) is 74.0 cm³/mol. The molecule has 0 amide bonds. The lowest BCUT2D eigenvalue weighted by molar-refractivity contribution is 0.224. The first-order valence-electron chi connectivity index (χ1n) is 6.69. The normalized spacial score (nSPS) is 17.2. The summed E-state index contributed by atoms with van der Waals surface area (Å²) in [4.78, 5) is 4.43. The zero-order valence-corrected chi connectivity index (χ0v) is 10.7. The molecule has 2 aromatic rings. The number of nitrogens with one attached hydrogen (secondary N) is 1. The zero-order chi connectivity index (χ0) is 12.4. The van der Waals surface area contributed by atoms with E-state index in [-0.39, 0.29) is 0 Å². The van der Waals surface area contributed by atoms with Crippen LogP contribution < -0.4 is 5.32 Å². The topological polar surface area (TPSA) is 29.9 Å².